The quantitative estimate of drug-likeness (QED) is 0.188. The van der Waals surface area contributed by atoms with Crippen molar-refractivity contribution < 1.29 is 4.42 Å². The van der Waals surface area contributed by atoms with E-state index in [1.54, 1.807) is 0 Å². The zero-order chi connectivity index (χ0) is 33.9. The Kier molecular flexibility index (Phi) is 6.72. The largest absolute Gasteiger partial charge is 0.455 e. The van der Waals surface area contributed by atoms with Crippen molar-refractivity contribution in [3.63, 3.8) is 0 Å². The van der Waals surface area contributed by atoms with Crippen LogP contribution in [0.3, 0.4) is 0 Å². The average Bonchev–Trinajstić information content (AvgIpc) is 3.71. The number of para-hydroxylation sites is 2. The lowest BCUT2D eigenvalue weighted by atomic mass is 9.67. The van der Waals surface area contributed by atoms with Crippen LogP contribution in [0, 0.1) is 11.3 Å². The van der Waals surface area contributed by atoms with Crippen LogP contribution in [-0.4, -0.2) is 15.0 Å². The van der Waals surface area contributed by atoms with Crippen LogP contribution in [-0.2, 0) is 5.41 Å². The number of nitriles is 1. The molecule has 0 N–H and O–H groups in total. The Bertz CT molecular complexity index is 2700. The summed E-state index contributed by atoms with van der Waals surface area (Å²) in [5.74, 6) is 1.76. The molecule has 0 atom stereocenters. The molecular weight excluding hydrogens is 625 g/mol. The first-order chi connectivity index (χ1) is 25.2. The molecule has 2 heterocycles. The summed E-state index contributed by atoms with van der Waals surface area (Å²) in [7, 11) is 0. The molecule has 1 fully saturated rings. The molecule has 6 aromatic carbocycles. The summed E-state index contributed by atoms with van der Waals surface area (Å²) in [6.45, 7) is 0. The molecule has 5 nitrogen and oxygen atoms in total. The molecule has 2 aliphatic carbocycles. The molecule has 5 heteroatoms. The second-order valence-electron chi connectivity index (χ2n) is 13.8. The first kappa shape index (κ1) is 29.5. The van der Waals surface area contributed by atoms with Gasteiger partial charge in [0, 0.05) is 27.3 Å². The van der Waals surface area contributed by atoms with E-state index in [-0.39, 0.29) is 5.41 Å². The van der Waals surface area contributed by atoms with Gasteiger partial charge in [-0.1, -0.05) is 122 Å². The van der Waals surface area contributed by atoms with Gasteiger partial charge in [-0.25, -0.2) is 15.0 Å². The summed E-state index contributed by atoms with van der Waals surface area (Å²) < 4.78 is 6.42. The lowest BCUT2D eigenvalue weighted by molar-refractivity contribution is 0.353. The molecule has 0 unspecified atom stereocenters. The van der Waals surface area contributed by atoms with E-state index in [1.165, 1.54) is 41.5 Å². The molecule has 1 saturated carbocycles. The fourth-order valence-electron chi connectivity index (χ4n) is 8.65. The second-order valence-corrected chi connectivity index (χ2v) is 13.8. The van der Waals surface area contributed by atoms with Crippen molar-refractivity contribution in [2.45, 2.75) is 37.5 Å². The van der Waals surface area contributed by atoms with Crippen molar-refractivity contribution in [1.29, 1.82) is 5.26 Å². The summed E-state index contributed by atoms with van der Waals surface area (Å²) in [6, 6.07) is 48.3. The smallest absolute Gasteiger partial charge is 0.167 e. The SMILES string of the molecule is N#Cc1ccc2c(c1)-c1c(-c3cccc(-c4nc(-c5ccccc5)nc(-c5cccc6c5oc5ccccc56)n4)c3)cccc1C21CCCCC1. The molecule has 0 amide bonds. The van der Waals surface area contributed by atoms with E-state index in [4.69, 9.17) is 19.4 Å². The molecule has 2 aliphatic rings. The van der Waals surface area contributed by atoms with E-state index in [0.717, 1.165) is 62.6 Å². The minimum Gasteiger partial charge on any atom is -0.455 e. The number of furan rings is 1. The van der Waals surface area contributed by atoms with E-state index < -0.39 is 0 Å². The minimum absolute atomic E-state index is 0.00407. The molecule has 8 aromatic rings. The number of nitrogens with zero attached hydrogens (tertiary/aromatic N) is 4. The van der Waals surface area contributed by atoms with Gasteiger partial charge in [0.15, 0.2) is 17.5 Å². The highest BCUT2D eigenvalue weighted by Crippen LogP contribution is 2.58. The fraction of sp³-hybridized carbons (Fsp3) is 0.130. The van der Waals surface area contributed by atoms with Gasteiger partial charge >= 0.3 is 0 Å². The van der Waals surface area contributed by atoms with E-state index >= 15 is 0 Å². The average molecular weight is 657 g/mol. The summed E-state index contributed by atoms with van der Waals surface area (Å²) >= 11 is 0. The Morgan fingerprint density at radius 2 is 1.22 bits per heavy atom. The third-order valence-electron chi connectivity index (χ3n) is 11.0. The predicted octanol–water partition coefficient (Wildman–Crippen LogP) is 11.5. The van der Waals surface area contributed by atoms with Gasteiger partial charge in [0.05, 0.1) is 17.2 Å². The van der Waals surface area contributed by atoms with E-state index in [1.807, 2.05) is 66.7 Å². The standard InChI is InChI=1S/C46H32N4O/c47-28-29-22-23-38-37(26-29)41-33(17-11-20-39(41)46(38)24-7-2-8-25-46)31-14-9-15-32(27-31)44-48-43(30-12-3-1-4-13-30)49-45(50-44)36-19-10-18-35-34-16-5-6-21-40(34)51-42(35)36/h1,3-6,9-23,26-27H,2,7-8,24-25H2. The van der Waals surface area contributed by atoms with Gasteiger partial charge in [0.25, 0.3) is 0 Å². The maximum absolute atomic E-state index is 9.90. The zero-order valence-corrected chi connectivity index (χ0v) is 27.9. The Balaban J connectivity index is 1.16. The van der Waals surface area contributed by atoms with Crippen LogP contribution in [0.25, 0.3) is 78.4 Å². The van der Waals surface area contributed by atoms with Gasteiger partial charge < -0.3 is 4.42 Å². The number of benzene rings is 6. The van der Waals surface area contributed by atoms with Crippen molar-refractivity contribution in [3.05, 3.63) is 150 Å². The lowest BCUT2D eigenvalue weighted by Gasteiger charge is -2.36. The molecule has 0 saturated heterocycles. The van der Waals surface area contributed by atoms with E-state index in [0.29, 0.717) is 23.0 Å². The number of fused-ring (bicyclic) bond motifs is 8. The van der Waals surface area contributed by atoms with Crippen LogP contribution in [0.1, 0.15) is 48.8 Å². The van der Waals surface area contributed by atoms with Crippen LogP contribution < -0.4 is 0 Å². The second kappa shape index (κ2) is 11.6. The summed E-state index contributed by atoms with van der Waals surface area (Å²) in [4.78, 5) is 15.2. The number of hydrogen-bond donors (Lipinski definition) is 0. The van der Waals surface area contributed by atoms with Crippen LogP contribution in [0.15, 0.2) is 138 Å². The van der Waals surface area contributed by atoms with Crippen LogP contribution >= 0.6 is 0 Å². The van der Waals surface area contributed by atoms with Crippen LogP contribution in [0.4, 0.5) is 0 Å². The normalized spacial score (nSPS) is 14.4. The molecule has 0 radical (unpaired) electrons. The third-order valence-corrected chi connectivity index (χ3v) is 11.0. The van der Waals surface area contributed by atoms with Gasteiger partial charge in [0.2, 0.25) is 0 Å². The monoisotopic (exact) mass is 656 g/mol. The summed E-state index contributed by atoms with van der Waals surface area (Å²) in [6.07, 6.45) is 5.97. The lowest BCUT2D eigenvalue weighted by Crippen LogP contribution is -2.28. The maximum Gasteiger partial charge on any atom is 0.167 e. The van der Waals surface area contributed by atoms with Crippen molar-refractivity contribution in [2.24, 2.45) is 0 Å². The molecule has 0 aliphatic heterocycles. The van der Waals surface area contributed by atoms with Gasteiger partial charge in [-0.3, -0.25) is 0 Å². The Hall–Kier alpha value is -6.38. The topological polar surface area (TPSA) is 75.6 Å². The Morgan fingerprint density at radius 3 is 2.08 bits per heavy atom. The maximum atomic E-state index is 9.90. The highest BCUT2D eigenvalue weighted by Gasteiger charge is 2.44. The molecule has 2 aromatic heterocycles. The first-order valence-electron chi connectivity index (χ1n) is 17.7. The first-order valence-corrected chi connectivity index (χ1v) is 17.7. The molecular formula is C46H32N4O. The van der Waals surface area contributed by atoms with Crippen molar-refractivity contribution in [1.82, 2.24) is 15.0 Å². The minimum atomic E-state index is -0.00407. The Morgan fingerprint density at radius 1 is 0.529 bits per heavy atom. The highest BCUT2D eigenvalue weighted by molar-refractivity contribution is 6.09. The van der Waals surface area contributed by atoms with Gasteiger partial charge in [0.1, 0.15) is 11.2 Å². The zero-order valence-electron chi connectivity index (χ0n) is 27.9. The van der Waals surface area contributed by atoms with Gasteiger partial charge in [-0.15, -0.1) is 0 Å². The van der Waals surface area contributed by atoms with Crippen molar-refractivity contribution >= 4 is 21.9 Å². The van der Waals surface area contributed by atoms with Crippen LogP contribution in [0.5, 0.6) is 0 Å². The van der Waals surface area contributed by atoms with Crippen LogP contribution in [0.2, 0.25) is 0 Å². The predicted molar refractivity (Wildman–Crippen MR) is 203 cm³/mol. The number of aromatic nitrogens is 3. The molecule has 51 heavy (non-hydrogen) atoms. The van der Waals surface area contributed by atoms with Gasteiger partial charge in [-0.05, 0) is 76.6 Å². The Labute approximate surface area is 295 Å². The summed E-state index contributed by atoms with van der Waals surface area (Å²) in [5, 5.41) is 12.0. The molecule has 1 spiro atoms. The molecule has 0 bridgehead atoms. The van der Waals surface area contributed by atoms with E-state index in [2.05, 4.69) is 72.8 Å². The van der Waals surface area contributed by atoms with Gasteiger partial charge in [-0.2, -0.15) is 5.26 Å². The third kappa shape index (κ3) is 4.64. The fourth-order valence-corrected chi connectivity index (χ4v) is 8.65. The summed E-state index contributed by atoms with van der Waals surface area (Å²) in [5.41, 5.74) is 12.4. The van der Waals surface area contributed by atoms with Crippen molar-refractivity contribution in [3.8, 4) is 62.5 Å². The van der Waals surface area contributed by atoms with Crippen molar-refractivity contribution in [2.75, 3.05) is 0 Å². The molecule has 10 rings (SSSR count). The number of rotatable bonds is 4. The number of hydrogen-bond acceptors (Lipinski definition) is 5. The van der Waals surface area contributed by atoms with E-state index in [9.17, 15) is 5.26 Å². The molecule has 242 valence electrons. The highest BCUT2D eigenvalue weighted by atomic mass is 16.3.